The van der Waals surface area contributed by atoms with Crippen molar-refractivity contribution in [2.45, 2.75) is 64.4 Å². The van der Waals surface area contributed by atoms with Gasteiger partial charge in [0.15, 0.2) is 5.78 Å². The van der Waals surface area contributed by atoms with Gasteiger partial charge >= 0.3 is 18.0 Å². The van der Waals surface area contributed by atoms with Gasteiger partial charge < -0.3 is 14.2 Å². The summed E-state index contributed by atoms with van der Waals surface area (Å²) in [7, 11) is 0. The topological polar surface area (TPSA) is 99.2 Å². The number of ether oxygens (including phenoxy) is 3. The number of hydrogen-bond donors (Lipinski definition) is 0. The van der Waals surface area contributed by atoms with Gasteiger partial charge in [0.2, 0.25) is 5.92 Å². The van der Waals surface area contributed by atoms with Gasteiger partial charge in [0, 0.05) is 32.4 Å². The fourth-order valence-electron chi connectivity index (χ4n) is 3.82. The van der Waals surface area contributed by atoms with Crippen molar-refractivity contribution < 1.29 is 42.2 Å². The predicted molar refractivity (Wildman–Crippen MR) is 105 cm³/mol. The van der Waals surface area contributed by atoms with Crippen LogP contribution in [-0.2, 0) is 28.6 Å². The molecule has 1 aromatic rings. The van der Waals surface area contributed by atoms with E-state index < -0.39 is 64.7 Å². The number of amides is 1. The molecule has 0 unspecified atom stereocenters. The first-order valence-corrected chi connectivity index (χ1v) is 10.1. The third-order valence-corrected chi connectivity index (χ3v) is 5.06. The molecule has 0 spiro atoms. The minimum atomic E-state index is -1.87. The van der Waals surface area contributed by atoms with Crippen molar-refractivity contribution in [1.82, 2.24) is 4.90 Å². The Bertz CT molecular complexity index is 929. The highest BCUT2D eigenvalue weighted by Crippen LogP contribution is 2.36. The molecule has 0 aliphatic carbocycles. The molecule has 0 bridgehead atoms. The second-order valence-corrected chi connectivity index (χ2v) is 9.36. The Morgan fingerprint density at radius 3 is 2.09 bits per heavy atom. The van der Waals surface area contributed by atoms with Crippen LogP contribution in [0.25, 0.3) is 0 Å². The molecule has 2 fully saturated rings. The number of likely N-dealkylation sites (tertiary alicyclic amines) is 1. The van der Waals surface area contributed by atoms with E-state index >= 15 is 0 Å². The van der Waals surface area contributed by atoms with Crippen LogP contribution in [0, 0.1) is 17.6 Å². The summed E-state index contributed by atoms with van der Waals surface area (Å²) in [4.78, 5) is 51.9. The molecular formula is C22H25F2NO7. The number of cyclic esters (lactones) is 2. The first kappa shape index (κ1) is 23.6. The Morgan fingerprint density at radius 2 is 1.59 bits per heavy atom. The molecule has 0 saturated carbocycles. The van der Waals surface area contributed by atoms with Gasteiger partial charge in [-0.15, -0.1) is 0 Å². The zero-order valence-electron chi connectivity index (χ0n) is 18.4. The summed E-state index contributed by atoms with van der Waals surface area (Å²) in [5.74, 6) is -8.70. The number of Topliss-reactive ketones (excluding diaryl/α,β-unsaturated/α-hetero) is 1. The van der Waals surface area contributed by atoms with E-state index in [9.17, 15) is 28.0 Å². The third kappa shape index (κ3) is 5.05. The molecule has 2 heterocycles. The van der Waals surface area contributed by atoms with Crippen LogP contribution in [0.4, 0.5) is 13.6 Å². The van der Waals surface area contributed by atoms with E-state index in [1.165, 1.54) is 13.8 Å². The summed E-state index contributed by atoms with van der Waals surface area (Å²) >= 11 is 0. The Labute approximate surface area is 183 Å². The predicted octanol–water partition coefficient (Wildman–Crippen LogP) is 3.08. The number of esters is 2. The van der Waals surface area contributed by atoms with Gasteiger partial charge in [0.25, 0.3) is 5.79 Å². The molecule has 2 saturated heterocycles. The van der Waals surface area contributed by atoms with Crippen LogP contribution in [0.1, 0.15) is 52.5 Å². The van der Waals surface area contributed by atoms with Crippen LogP contribution in [-0.4, -0.2) is 52.7 Å². The molecule has 2 aliphatic heterocycles. The Kier molecular flexibility index (Phi) is 6.01. The fourth-order valence-corrected chi connectivity index (χ4v) is 3.82. The molecule has 1 aromatic carbocycles. The fraction of sp³-hybridized carbons (Fsp3) is 0.545. The highest BCUT2D eigenvalue weighted by molar-refractivity contribution is 6.17. The maximum atomic E-state index is 13.7. The summed E-state index contributed by atoms with van der Waals surface area (Å²) in [6, 6.07) is 1.68. The van der Waals surface area contributed by atoms with E-state index in [1.54, 1.807) is 20.8 Å². The molecule has 3 rings (SSSR count). The lowest BCUT2D eigenvalue weighted by Crippen LogP contribution is -2.54. The lowest BCUT2D eigenvalue weighted by atomic mass is 9.90. The molecular weight excluding hydrogens is 428 g/mol. The summed E-state index contributed by atoms with van der Waals surface area (Å²) in [5.41, 5.74) is -0.651. The molecule has 32 heavy (non-hydrogen) atoms. The normalized spacial score (nSPS) is 23.5. The standard InChI is InChI=1S/C22H25F2NO7/c1-21(2,3)32-20(29)25-10-12(11-6-13(23)9-14(24)7-11)8-15(25)17(26)16-18(27)30-22(4,5)31-19(16)28/h6-7,9,12,15-16H,8,10H2,1-5H3/t12-,15+/m1/s1. The van der Waals surface area contributed by atoms with Crippen molar-refractivity contribution in [3.63, 3.8) is 0 Å². The monoisotopic (exact) mass is 453 g/mol. The lowest BCUT2D eigenvalue weighted by Gasteiger charge is -2.34. The molecule has 8 nitrogen and oxygen atoms in total. The van der Waals surface area contributed by atoms with Gasteiger partial charge in [-0.25, -0.2) is 13.6 Å². The van der Waals surface area contributed by atoms with Gasteiger partial charge in [-0.3, -0.25) is 19.3 Å². The first-order valence-electron chi connectivity index (χ1n) is 10.1. The highest BCUT2D eigenvalue weighted by Gasteiger charge is 2.53. The second kappa shape index (κ2) is 8.14. The van der Waals surface area contributed by atoms with E-state index in [0.717, 1.165) is 17.0 Å². The number of ketones is 1. The van der Waals surface area contributed by atoms with Crippen molar-refractivity contribution in [3.8, 4) is 0 Å². The Hall–Kier alpha value is -3.04. The van der Waals surface area contributed by atoms with Gasteiger partial charge in [0.1, 0.15) is 17.2 Å². The number of carbonyl (C=O) groups is 4. The summed E-state index contributed by atoms with van der Waals surface area (Å²) in [6.45, 7) is 7.50. The Morgan fingerprint density at radius 1 is 1.06 bits per heavy atom. The van der Waals surface area contributed by atoms with E-state index in [1.807, 2.05) is 0 Å². The van der Waals surface area contributed by atoms with Crippen molar-refractivity contribution in [3.05, 3.63) is 35.4 Å². The molecule has 2 aliphatic rings. The minimum absolute atomic E-state index is 0.0680. The molecule has 2 atom stereocenters. The van der Waals surface area contributed by atoms with Crippen molar-refractivity contribution in [2.24, 2.45) is 5.92 Å². The number of benzene rings is 1. The zero-order chi connectivity index (χ0) is 24.0. The van der Waals surface area contributed by atoms with E-state index in [0.29, 0.717) is 6.07 Å². The largest absolute Gasteiger partial charge is 0.444 e. The minimum Gasteiger partial charge on any atom is -0.444 e. The summed E-state index contributed by atoms with van der Waals surface area (Å²) in [5, 5.41) is 0. The number of rotatable bonds is 3. The number of carbonyl (C=O) groups excluding carboxylic acids is 4. The van der Waals surface area contributed by atoms with Crippen molar-refractivity contribution in [1.29, 1.82) is 0 Å². The van der Waals surface area contributed by atoms with Gasteiger partial charge in [-0.05, 0) is 44.9 Å². The van der Waals surface area contributed by atoms with E-state index in [2.05, 4.69) is 0 Å². The number of halogens is 2. The van der Waals surface area contributed by atoms with Crippen LogP contribution in [0.2, 0.25) is 0 Å². The van der Waals surface area contributed by atoms with Crippen molar-refractivity contribution in [2.75, 3.05) is 6.54 Å². The molecule has 0 N–H and O–H groups in total. The van der Waals surface area contributed by atoms with Crippen LogP contribution < -0.4 is 0 Å². The number of hydrogen-bond acceptors (Lipinski definition) is 7. The van der Waals surface area contributed by atoms with Gasteiger partial charge in [0.05, 0.1) is 6.04 Å². The summed E-state index contributed by atoms with van der Waals surface area (Å²) in [6.07, 6.45) is -0.922. The second-order valence-electron chi connectivity index (χ2n) is 9.36. The molecule has 0 radical (unpaired) electrons. The average molecular weight is 453 g/mol. The van der Waals surface area contributed by atoms with Crippen LogP contribution in [0.3, 0.4) is 0 Å². The molecule has 0 aromatic heterocycles. The highest BCUT2D eigenvalue weighted by atomic mass is 19.1. The SMILES string of the molecule is CC(C)(C)OC(=O)N1C[C@H](c2cc(F)cc(F)c2)C[C@H]1C(=O)C1C(=O)OC(C)(C)OC1=O. The lowest BCUT2D eigenvalue weighted by molar-refractivity contribution is -0.238. The molecule has 10 heteroatoms. The smallest absolute Gasteiger partial charge is 0.410 e. The van der Waals surface area contributed by atoms with E-state index in [4.69, 9.17) is 14.2 Å². The quantitative estimate of drug-likeness (QED) is 0.512. The zero-order valence-corrected chi connectivity index (χ0v) is 18.4. The molecule has 1 amide bonds. The van der Waals surface area contributed by atoms with Crippen LogP contribution >= 0.6 is 0 Å². The van der Waals surface area contributed by atoms with Crippen molar-refractivity contribution >= 4 is 23.8 Å². The molecule has 174 valence electrons. The maximum Gasteiger partial charge on any atom is 0.410 e. The van der Waals surface area contributed by atoms with Crippen LogP contribution in [0.15, 0.2) is 18.2 Å². The number of nitrogens with zero attached hydrogens (tertiary/aromatic N) is 1. The van der Waals surface area contributed by atoms with Crippen LogP contribution in [0.5, 0.6) is 0 Å². The Balaban J connectivity index is 1.92. The van der Waals surface area contributed by atoms with E-state index in [-0.39, 0.29) is 18.5 Å². The van der Waals surface area contributed by atoms with Gasteiger partial charge in [-0.1, -0.05) is 0 Å². The van der Waals surface area contributed by atoms with Gasteiger partial charge in [-0.2, -0.15) is 0 Å². The first-order chi connectivity index (χ1) is 14.7. The average Bonchev–Trinajstić information content (AvgIpc) is 3.03. The third-order valence-electron chi connectivity index (χ3n) is 5.06. The maximum absolute atomic E-state index is 13.7. The summed E-state index contributed by atoms with van der Waals surface area (Å²) < 4.78 is 42.9.